The third kappa shape index (κ3) is 5.29. The zero-order valence-corrected chi connectivity index (χ0v) is 17.6. The van der Waals surface area contributed by atoms with Crippen molar-refractivity contribution in [2.45, 2.75) is 27.7 Å². The summed E-state index contributed by atoms with van der Waals surface area (Å²) >= 11 is 0. The molecular formula is C24H26N4O2. The SMILES string of the molecule is CC(C)C(=O)Nc1ccc(-c2cnc(-c3ccc(NC(=O)C(C)C)cc3)nc2)cc1. The highest BCUT2D eigenvalue weighted by Gasteiger charge is 2.09. The maximum atomic E-state index is 11.8. The number of nitrogens with one attached hydrogen (secondary N) is 2. The van der Waals surface area contributed by atoms with E-state index in [1.807, 2.05) is 76.2 Å². The molecule has 30 heavy (non-hydrogen) atoms. The zero-order valence-electron chi connectivity index (χ0n) is 17.6. The Kier molecular flexibility index (Phi) is 6.57. The zero-order chi connectivity index (χ0) is 21.7. The molecule has 0 saturated heterocycles. The second kappa shape index (κ2) is 9.31. The highest BCUT2D eigenvalue weighted by Crippen LogP contribution is 2.23. The van der Waals surface area contributed by atoms with Gasteiger partial charge in [0, 0.05) is 46.7 Å². The van der Waals surface area contributed by atoms with Crippen molar-refractivity contribution in [3.8, 4) is 22.5 Å². The van der Waals surface area contributed by atoms with E-state index in [1.165, 1.54) is 0 Å². The molecule has 0 aliphatic rings. The lowest BCUT2D eigenvalue weighted by molar-refractivity contribution is -0.119. The van der Waals surface area contributed by atoms with E-state index in [0.29, 0.717) is 5.82 Å². The van der Waals surface area contributed by atoms with Gasteiger partial charge in [0.05, 0.1) is 0 Å². The van der Waals surface area contributed by atoms with E-state index >= 15 is 0 Å². The minimum atomic E-state index is -0.0684. The van der Waals surface area contributed by atoms with Crippen LogP contribution in [0.25, 0.3) is 22.5 Å². The van der Waals surface area contributed by atoms with Gasteiger partial charge in [-0.25, -0.2) is 9.97 Å². The van der Waals surface area contributed by atoms with Crippen molar-refractivity contribution in [3.63, 3.8) is 0 Å². The second-order valence-corrected chi connectivity index (χ2v) is 7.74. The van der Waals surface area contributed by atoms with Crippen LogP contribution in [0.4, 0.5) is 11.4 Å². The molecule has 0 fully saturated rings. The van der Waals surface area contributed by atoms with Gasteiger partial charge in [-0.15, -0.1) is 0 Å². The lowest BCUT2D eigenvalue weighted by atomic mass is 10.1. The molecule has 6 heteroatoms. The first kappa shape index (κ1) is 21.2. The van der Waals surface area contributed by atoms with Gasteiger partial charge in [-0.3, -0.25) is 9.59 Å². The van der Waals surface area contributed by atoms with E-state index in [2.05, 4.69) is 20.6 Å². The number of hydrogen-bond acceptors (Lipinski definition) is 4. The van der Waals surface area contributed by atoms with Gasteiger partial charge in [0.2, 0.25) is 11.8 Å². The summed E-state index contributed by atoms with van der Waals surface area (Å²) in [5, 5.41) is 5.74. The van der Waals surface area contributed by atoms with Gasteiger partial charge in [0.15, 0.2) is 5.82 Å². The Hall–Kier alpha value is -3.54. The van der Waals surface area contributed by atoms with Crippen LogP contribution in [0.5, 0.6) is 0 Å². The maximum absolute atomic E-state index is 11.8. The molecule has 2 aromatic carbocycles. The molecule has 2 amide bonds. The number of carbonyl (C=O) groups is 2. The summed E-state index contributed by atoms with van der Waals surface area (Å²) in [5.41, 5.74) is 4.24. The minimum absolute atomic E-state index is 0.00905. The van der Waals surface area contributed by atoms with Gasteiger partial charge >= 0.3 is 0 Å². The minimum Gasteiger partial charge on any atom is -0.326 e. The smallest absolute Gasteiger partial charge is 0.226 e. The van der Waals surface area contributed by atoms with E-state index in [9.17, 15) is 9.59 Å². The first-order valence-corrected chi connectivity index (χ1v) is 9.98. The Balaban J connectivity index is 1.69. The van der Waals surface area contributed by atoms with E-state index in [-0.39, 0.29) is 23.7 Å². The van der Waals surface area contributed by atoms with Crippen molar-refractivity contribution < 1.29 is 9.59 Å². The van der Waals surface area contributed by atoms with E-state index < -0.39 is 0 Å². The standard InChI is InChI=1S/C24H26N4O2/c1-15(2)23(29)27-20-9-5-17(6-10-20)19-13-25-22(26-14-19)18-7-11-21(12-8-18)28-24(30)16(3)4/h5-16H,1-4H3,(H,27,29)(H,28,30). The molecule has 0 spiro atoms. The van der Waals surface area contributed by atoms with Gasteiger partial charge in [0.1, 0.15) is 0 Å². The van der Waals surface area contributed by atoms with Crippen LogP contribution in [0.15, 0.2) is 60.9 Å². The summed E-state index contributed by atoms with van der Waals surface area (Å²) in [6, 6.07) is 15.1. The van der Waals surface area contributed by atoms with Gasteiger partial charge in [-0.2, -0.15) is 0 Å². The van der Waals surface area contributed by atoms with Crippen LogP contribution >= 0.6 is 0 Å². The summed E-state index contributed by atoms with van der Waals surface area (Å²) in [6.45, 7) is 7.43. The molecule has 1 heterocycles. The predicted octanol–water partition coefficient (Wildman–Crippen LogP) is 5.00. The first-order chi connectivity index (χ1) is 14.3. The topological polar surface area (TPSA) is 84.0 Å². The fraction of sp³-hybridized carbons (Fsp3) is 0.250. The summed E-state index contributed by atoms with van der Waals surface area (Å²) < 4.78 is 0. The lowest BCUT2D eigenvalue weighted by Crippen LogP contribution is -2.17. The number of aromatic nitrogens is 2. The van der Waals surface area contributed by atoms with Crippen molar-refractivity contribution in [2.75, 3.05) is 10.6 Å². The summed E-state index contributed by atoms with van der Waals surface area (Å²) in [4.78, 5) is 32.5. The van der Waals surface area contributed by atoms with Crippen molar-refractivity contribution in [2.24, 2.45) is 11.8 Å². The molecule has 1 aromatic heterocycles. The Bertz CT molecular complexity index is 924. The van der Waals surface area contributed by atoms with Crippen LogP contribution in [-0.4, -0.2) is 21.8 Å². The molecule has 0 atom stereocenters. The average Bonchev–Trinajstić information content (AvgIpc) is 2.75. The van der Waals surface area contributed by atoms with Crippen LogP contribution in [0.2, 0.25) is 0 Å². The first-order valence-electron chi connectivity index (χ1n) is 9.98. The number of anilines is 2. The van der Waals surface area contributed by atoms with Crippen molar-refractivity contribution >= 4 is 23.2 Å². The van der Waals surface area contributed by atoms with Crippen molar-refractivity contribution in [1.82, 2.24) is 9.97 Å². The lowest BCUT2D eigenvalue weighted by Gasteiger charge is -2.09. The number of nitrogens with zero attached hydrogens (tertiary/aromatic N) is 2. The van der Waals surface area contributed by atoms with E-state index in [1.54, 1.807) is 12.4 Å². The normalized spacial score (nSPS) is 10.9. The Morgan fingerprint density at radius 2 is 1.03 bits per heavy atom. The Labute approximate surface area is 176 Å². The molecule has 2 N–H and O–H groups in total. The number of hydrogen-bond donors (Lipinski definition) is 2. The quantitative estimate of drug-likeness (QED) is 0.608. The monoisotopic (exact) mass is 402 g/mol. The number of benzene rings is 2. The third-order valence-corrected chi connectivity index (χ3v) is 4.60. The maximum Gasteiger partial charge on any atom is 0.226 e. The molecule has 154 valence electrons. The second-order valence-electron chi connectivity index (χ2n) is 7.74. The number of rotatable bonds is 6. The van der Waals surface area contributed by atoms with Crippen LogP contribution < -0.4 is 10.6 Å². The number of amides is 2. The summed E-state index contributed by atoms with van der Waals surface area (Å²) in [5.74, 6) is 0.455. The molecule has 0 radical (unpaired) electrons. The van der Waals surface area contributed by atoms with E-state index in [4.69, 9.17) is 0 Å². The van der Waals surface area contributed by atoms with Gasteiger partial charge < -0.3 is 10.6 Å². The fourth-order valence-corrected chi connectivity index (χ4v) is 2.65. The van der Waals surface area contributed by atoms with Crippen molar-refractivity contribution in [1.29, 1.82) is 0 Å². The molecule has 0 aliphatic heterocycles. The molecule has 3 rings (SSSR count). The van der Waals surface area contributed by atoms with Crippen LogP contribution in [0, 0.1) is 11.8 Å². The molecule has 0 unspecified atom stereocenters. The molecular weight excluding hydrogens is 376 g/mol. The Morgan fingerprint density at radius 3 is 1.43 bits per heavy atom. The van der Waals surface area contributed by atoms with Gasteiger partial charge in [-0.05, 0) is 42.0 Å². The molecule has 6 nitrogen and oxygen atoms in total. The van der Waals surface area contributed by atoms with Gasteiger partial charge in [0.25, 0.3) is 0 Å². The van der Waals surface area contributed by atoms with Crippen LogP contribution in [-0.2, 0) is 9.59 Å². The molecule has 3 aromatic rings. The number of carbonyl (C=O) groups excluding carboxylic acids is 2. The predicted molar refractivity (Wildman–Crippen MR) is 120 cm³/mol. The summed E-state index contributed by atoms with van der Waals surface area (Å²) in [7, 11) is 0. The fourth-order valence-electron chi connectivity index (χ4n) is 2.65. The van der Waals surface area contributed by atoms with E-state index in [0.717, 1.165) is 28.1 Å². The van der Waals surface area contributed by atoms with Crippen molar-refractivity contribution in [3.05, 3.63) is 60.9 Å². The molecule has 0 saturated carbocycles. The van der Waals surface area contributed by atoms with Crippen LogP contribution in [0.3, 0.4) is 0 Å². The molecule has 0 aliphatic carbocycles. The van der Waals surface area contributed by atoms with Crippen LogP contribution in [0.1, 0.15) is 27.7 Å². The average molecular weight is 402 g/mol. The Morgan fingerprint density at radius 1 is 0.633 bits per heavy atom. The molecule has 0 bridgehead atoms. The summed E-state index contributed by atoms with van der Waals surface area (Å²) in [6.07, 6.45) is 3.55. The highest BCUT2D eigenvalue weighted by molar-refractivity contribution is 5.92. The largest absolute Gasteiger partial charge is 0.326 e. The van der Waals surface area contributed by atoms with Gasteiger partial charge in [-0.1, -0.05) is 39.8 Å². The highest BCUT2D eigenvalue weighted by atomic mass is 16.2. The third-order valence-electron chi connectivity index (χ3n) is 4.60.